The number of aromatic nitrogens is 1. The molecule has 1 aromatic heterocycles. The lowest BCUT2D eigenvalue weighted by atomic mass is 9.97. The molecule has 2 N–H and O–H groups in total. The lowest BCUT2D eigenvalue weighted by Crippen LogP contribution is -2.34. The first-order valence-electron chi connectivity index (χ1n) is 6.72. The summed E-state index contributed by atoms with van der Waals surface area (Å²) in [7, 11) is 0. The molecule has 0 aliphatic carbocycles. The van der Waals surface area contributed by atoms with Crippen molar-refractivity contribution in [1.29, 1.82) is 0 Å². The molecule has 1 aromatic carbocycles. The first kappa shape index (κ1) is 16.1. The van der Waals surface area contributed by atoms with Crippen LogP contribution in [0.1, 0.15) is 18.4 Å². The maximum absolute atomic E-state index is 13.5. The number of benzene rings is 1. The summed E-state index contributed by atoms with van der Waals surface area (Å²) < 4.78 is 14.4. The fraction of sp³-hybridized carbons (Fsp3) is 0.429. The Balaban J connectivity index is 0.00000161. The van der Waals surface area contributed by atoms with E-state index < -0.39 is 0 Å². The van der Waals surface area contributed by atoms with Gasteiger partial charge in [-0.1, -0.05) is 11.3 Å². The van der Waals surface area contributed by atoms with Gasteiger partial charge in [0.15, 0.2) is 5.13 Å². The molecular formula is C14H17ClFN3OS. The van der Waals surface area contributed by atoms with Crippen LogP contribution in [0.2, 0.25) is 0 Å². The summed E-state index contributed by atoms with van der Waals surface area (Å²) in [5.41, 5.74) is 1.16. The topological polar surface area (TPSA) is 54.0 Å². The summed E-state index contributed by atoms with van der Waals surface area (Å²) in [4.78, 5) is 16.5. The number of thiazole rings is 1. The van der Waals surface area contributed by atoms with Crippen LogP contribution in [0.5, 0.6) is 0 Å². The van der Waals surface area contributed by atoms with E-state index in [1.165, 1.54) is 17.4 Å². The normalized spacial score (nSPS) is 15.7. The molecule has 0 spiro atoms. The number of carbonyl (C=O) groups is 1. The highest BCUT2D eigenvalue weighted by atomic mass is 35.5. The van der Waals surface area contributed by atoms with Crippen LogP contribution in [0.25, 0.3) is 10.2 Å². The van der Waals surface area contributed by atoms with Gasteiger partial charge in [-0.25, -0.2) is 9.37 Å². The van der Waals surface area contributed by atoms with Gasteiger partial charge in [-0.3, -0.25) is 4.79 Å². The second-order valence-corrected chi connectivity index (χ2v) is 6.08. The Morgan fingerprint density at radius 2 is 2.14 bits per heavy atom. The van der Waals surface area contributed by atoms with Crippen LogP contribution in [0, 0.1) is 18.7 Å². The van der Waals surface area contributed by atoms with E-state index in [9.17, 15) is 9.18 Å². The van der Waals surface area contributed by atoms with Crippen LogP contribution >= 0.6 is 23.7 Å². The molecule has 1 aliphatic rings. The molecule has 0 bridgehead atoms. The van der Waals surface area contributed by atoms with E-state index in [2.05, 4.69) is 15.6 Å². The monoisotopic (exact) mass is 329 g/mol. The molecular weight excluding hydrogens is 313 g/mol. The average Bonchev–Trinajstić information content (AvgIpc) is 2.87. The minimum absolute atomic E-state index is 0. The Labute approximate surface area is 132 Å². The lowest BCUT2D eigenvalue weighted by Gasteiger charge is -2.20. The van der Waals surface area contributed by atoms with Gasteiger partial charge in [0.25, 0.3) is 0 Å². The highest BCUT2D eigenvalue weighted by molar-refractivity contribution is 7.22. The number of nitrogens with one attached hydrogen (secondary N) is 2. The SMILES string of the molecule is Cc1c(F)ccc2sc(NC(=O)C3CCNCC3)nc12.Cl. The molecule has 3 rings (SSSR count). The number of hydrogen-bond acceptors (Lipinski definition) is 4. The zero-order chi connectivity index (χ0) is 14.1. The van der Waals surface area contributed by atoms with Crippen LogP contribution in [0.3, 0.4) is 0 Å². The van der Waals surface area contributed by atoms with Crippen molar-refractivity contribution in [3.63, 3.8) is 0 Å². The zero-order valence-corrected chi connectivity index (χ0v) is 13.2. The van der Waals surface area contributed by atoms with Crippen LogP contribution in [0.15, 0.2) is 12.1 Å². The summed E-state index contributed by atoms with van der Waals surface area (Å²) in [6.45, 7) is 3.46. The first-order valence-corrected chi connectivity index (χ1v) is 7.54. The number of piperidine rings is 1. The number of hydrogen-bond donors (Lipinski definition) is 2. The lowest BCUT2D eigenvalue weighted by molar-refractivity contribution is -0.120. The Hall–Kier alpha value is -1.24. The summed E-state index contributed by atoms with van der Waals surface area (Å²) in [5.74, 6) is -0.205. The van der Waals surface area contributed by atoms with Gasteiger partial charge < -0.3 is 10.6 Å². The fourth-order valence-electron chi connectivity index (χ4n) is 2.45. The molecule has 4 nitrogen and oxygen atoms in total. The summed E-state index contributed by atoms with van der Waals surface area (Å²) in [6, 6.07) is 3.14. The maximum atomic E-state index is 13.5. The van der Waals surface area contributed by atoms with Gasteiger partial charge in [-0.05, 0) is 45.0 Å². The van der Waals surface area contributed by atoms with Crippen molar-refractivity contribution < 1.29 is 9.18 Å². The van der Waals surface area contributed by atoms with E-state index in [0.29, 0.717) is 16.2 Å². The van der Waals surface area contributed by atoms with E-state index in [1.54, 1.807) is 13.0 Å². The van der Waals surface area contributed by atoms with Crippen molar-refractivity contribution >= 4 is 45.0 Å². The fourth-order valence-corrected chi connectivity index (χ4v) is 3.37. The maximum Gasteiger partial charge on any atom is 0.229 e. The Bertz CT molecular complexity index is 655. The number of rotatable bonds is 2. The van der Waals surface area contributed by atoms with Gasteiger partial charge >= 0.3 is 0 Å². The summed E-state index contributed by atoms with van der Waals surface area (Å²) >= 11 is 1.39. The van der Waals surface area contributed by atoms with Crippen molar-refractivity contribution in [1.82, 2.24) is 10.3 Å². The van der Waals surface area contributed by atoms with Gasteiger partial charge in [0.05, 0.1) is 10.2 Å². The first-order chi connectivity index (χ1) is 9.65. The smallest absolute Gasteiger partial charge is 0.229 e. The molecule has 0 atom stereocenters. The van der Waals surface area contributed by atoms with Gasteiger partial charge in [0.1, 0.15) is 5.82 Å². The number of amides is 1. The Kier molecular flexibility index (Phi) is 5.13. The third kappa shape index (κ3) is 3.33. The van der Waals surface area contributed by atoms with Crippen LogP contribution < -0.4 is 10.6 Å². The molecule has 1 saturated heterocycles. The standard InChI is InChI=1S/C14H16FN3OS.ClH/c1-8-10(15)2-3-11-12(8)17-14(20-11)18-13(19)9-4-6-16-7-5-9;/h2-3,9,16H,4-7H2,1H3,(H,17,18,19);1H. The summed E-state index contributed by atoms with van der Waals surface area (Å²) in [6.07, 6.45) is 1.70. The number of carbonyl (C=O) groups excluding carboxylic acids is 1. The number of nitrogens with zero attached hydrogens (tertiary/aromatic N) is 1. The molecule has 0 saturated carbocycles. The Morgan fingerprint density at radius 3 is 2.86 bits per heavy atom. The van der Waals surface area contributed by atoms with E-state index >= 15 is 0 Å². The zero-order valence-electron chi connectivity index (χ0n) is 11.6. The predicted molar refractivity (Wildman–Crippen MR) is 85.8 cm³/mol. The average molecular weight is 330 g/mol. The second kappa shape index (κ2) is 6.68. The molecule has 1 fully saturated rings. The number of anilines is 1. The largest absolute Gasteiger partial charge is 0.317 e. The Morgan fingerprint density at radius 1 is 1.43 bits per heavy atom. The van der Waals surface area contributed by atoms with Gasteiger partial charge in [-0.2, -0.15) is 0 Å². The van der Waals surface area contributed by atoms with Crippen LogP contribution in [-0.4, -0.2) is 24.0 Å². The molecule has 0 unspecified atom stereocenters. The van der Waals surface area contributed by atoms with E-state index in [0.717, 1.165) is 30.6 Å². The van der Waals surface area contributed by atoms with Gasteiger partial charge in [-0.15, -0.1) is 12.4 Å². The van der Waals surface area contributed by atoms with Crippen molar-refractivity contribution in [2.24, 2.45) is 5.92 Å². The third-order valence-corrected chi connectivity index (χ3v) is 4.62. The van der Waals surface area contributed by atoms with Gasteiger partial charge in [0, 0.05) is 11.5 Å². The summed E-state index contributed by atoms with van der Waals surface area (Å²) in [5, 5.41) is 6.65. The van der Waals surface area contributed by atoms with Crippen molar-refractivity contribution in [3.8, 4) is 0 Å². The van der Waals surface area contributed by atoms with Crippen LogP contribution in [0.4, 0.5) is 9.52 Å². The molecule has 1 amide bonds. The molecule has 1 aliphatic heterocycles. The van der Waals surface area contributed by atoms with Gasteiger partial charge in [0.2, 0.25) is 5.91 Å². The number of aryl methyl sites for hydroxylation is 1. The third-order valence-electron chi connectivity index (χ3n) is 3.69. The minimum Gasteiger partial charge on any atom is -0.317 e. The second-order valence-electron chi connectivity index (χ2n) is 5.05. The van der Waals surface area contributed by atoms with Crippen molar-refractivity contribution in [2.75, 3.05) is 18.4 Å². The molecule has 7 heteroatoms. The van der Waals surface area contributed by atoms with Crippen molar-refractivity contribution in [3.05, 3.63) is 23.5 Å². The molecule has 114 valence electrons. The molecule has 21 heavy (non-hydrogen) atoms. The van der Waals surface area contributed by atoms with Crippen molar-refractivity contribution in [2.45, 2.75) is 19.8 Å². The quantitative estimate of drug-likeness (QED) is 0.890. The van der Waals surface area contributed by atoms with Crippen LogP contribution in [-0.2, 0) is 4.79 Å². The highest BCUT2D eigenvalue weighted by Gasteiger charge is 2.22. The number of halogens is 2. The van der Waals surface area contributed by atoms with E-state index in [4.69, 9.17) is 0 Å². The minimum atomic E-state index is -0.265. The van der Waals surface area contributed by atoms with E-state index in [-0.39, 0.29) is 30.0 Å². The number of fused-ring (bicyclic) bond motifs is 1. The van der Waals surface area contributed by atoms with E-state index in [1.807, 2.05) is 0 Å². The molecule has 2 heterocycles. The predicted octanol–water partition coefficient (Wildman–Crippen LogP) is 3.10. The molecule has 0 radical (unpaired) electrons. The molecule has 2 aromatic rings. The highest BCUT2D eigenvalue weighted by Crippen LogP contribution is 2.29.